The van der Waals surface area contributed by atoms with E-state index in [9.17, 15) is 8.78 Å². The number of benzene rings is 1. The van der Waals surface area contributed by atoms with E-state index in [0.717, 1.165) is 38.2 Å². The topological polar surface area (TPSA) is 27.7 Å². The highest BCUT2D eigenvalue weighted by atomic mass is 19.2. The highest BCUT2D eigenvalue weighted by Crippen LogP contribution is 2.35. The van der Waals surface area contributed by atoms with E-state index >= 15 is 0 Å². The smallest absolute Gasteiger partial charge is 0.200 e. The summed E-state index contributed by atoms with van der Waals surface area (Å²) in [7, 11) is 0. The minimum atomic E-state index is -0.893. The Morgan fingerprint density at radius 3 is 2.52 bits per heavy atom. The first-order chi connectivity index (χ1) is 15.1. The normalized spacial score (nSPS) is 26.5. The van der Waals surface area contributed by atoms with E-state index in [0.29, 0.717) is 31.1 Å². The van der Waals surface area contributed by atoms with Crippen molar-refractivity contribution in [1.29, 1.82) is 0 Å². The van der Waals surface area contributed by atoms with Crippen molar-refractivity contribution < 1.29 is 23.0 Å². The molecule has 0 bridgehead atoms. The Hall–Kier alpha value is -1.46. The van der Waals surface area contributed by atoms with Gasteiger partial charge in [0.25, 0.3) is 0 Å². The van der Waals surface area contributed by atoms with Crippen LogP contribution in [0.4, 0.5) is 8.78 Å². The van der Waals surface area contributed by atoms with Gasteiger partial charge in [-0.2, -0.15) is 4.39 Å². The zero-order valence-electron chi connectivity index (χ0n) is 18.9. The predicted octanol–water partition coefficient (Wildman–Crippen LogP) is 7.15. The lowest BCUT2D eigenvalue weighted by Crippen LogP contribution is -2.30. The van der Waals surface area contributed by atoms with Crippen molar-refractivity contribution in [2.75, 3.05) is 19.8 Å². The van der Waals surface area contributed by atoms with Gasteiger partial charge in [0.05, 0.1) is 19.8 Å². The van der Waals surface area contributed by atoms with Crippen molar-refractivity contribution in [1.82, 2.24) is 0 Å². The fourth-order valence-electron chi connectivity index (χ4n) is 4.69. The van der Waals surface area contributed by atoms with Crippen molar-refractivity contribution in [2.24, 2.45) is 11.8 Å². The lowest BCUT2D eigenvalue weighted by atomic mass is 9.80. The van der Waals surface area contributed by atoms with Crippen LogP contribution in [0.25, 0.3) is 0 Å². The summed E-state index contributed by atoms with van der Waals surface area (Å²) in [5, 5.41) is 0. The Morgan fingerprint density at radius 1 is 1.06 bits per heavy atom. The summed E-state index contributed by atoms with van der Waals surface area (Å²) in [6.07, 6.45) is 12.3. The van der Waals surface area contributed by atoms with Crippen molar-refractivity contribution in [3.63, 3.8) is 0 Å². The van der Waals surface area contributed by atoms with Crippen LogP contribution in [0.2, 0.25) is 0 Å². The Labute approximate surface area is 186 Å². The molecule has 3 nitrogen and oxygen atoms in total. The number of unbranched alkanes of at least 4 members (excludes halogenated alkanes) is 1. The average molecular weight is 437 g/mol. The van der Waals surface area contributed by atoms with Gasteiger partial charge >= 0.3 is 0 Å². The van der Waals surface area contributed by atoms with Crippen molar-refractivity contribution in [3.8, 4) is 5.75 Å². The molecule has 31 heavy (non-hydrogen) atoms. The second kappa shape index (κ2) is 12.5. The molecule has 1 saturated carbocycles. The van der Waals surface area contributed by atoms with Crippen LogP contribution in [-0.2, 0) is 9.47 Å². The predicted molar refractivity (Wildman–Crippen MR) is 119 cm³/mol. The van der Waals surface area contributed by atoms with Crippen LogP contribution in [0.15, 0.2) is 24.8 Å². The van der Waals surface area contributed by atoms with Crippen LogP contribution in [0.1, 0.15) is 82.6 Å². The van der Waals surface area contributed by atoms with E-state index in [1.54, 1.807) is 6.07 Å². The van der Waals surface area contributed by atoms with E-state index < -0.39 is 11.6 Å². The molecule has 1 aliphatic carbocycles. The van der Waals surface area contributed by atoms with Crippen LogP contribution in [0.5, 0.6) is 5.75 Å². The first kappa shape index (κ1) is 24.2. The number of hydrogen-bond donors (Lipinski definition) is 0. The molecule has 1 saturated heterocycles. The molecule has 1 aromatic rings. The molecular weight excluding hydrogens is 398 g/mol. The monoisotopic (exact) mass is 436 g/mol. The van der Waals surface area contributed by atoms with E-state index in [2.05, 4.69) is 6.58 Å². The zero-order valence-corrected chi connectivity index (χ0v) is 18.9. The van der Waals surface area contributed by atoms with Gasteiger partial charge in [-0.3, -0.25) is 0 Å². The summed E-state index contributed by atoms with van der Waals surface area (Å²) in [6, 6.07) is 3.18. The molecule has 2 aliphatic rings. The Kier molecular flexibility index (Phi) is 9.79. The Morgan fingerprint density at radius 2 is 1.84 bits per heavy atom. The van der Waals surface area contributed by atoms with E-state index in [4.69, 9.17) is 14.2 Å². The van der Waals surface area contributed by atoms with E-state index in [1.807, 2.05) is 13.0 Å². The molecule has 1 aliphatic heterocycles. The van der Waals surface area contributed by atoms with Gasteiger partial charge in [-0.1, -0.05) is 38.3 Å². The third kappa shape index (κ3) is 7.01. The number of allylic oxidation sites excluding steroid dienone is 1. The highest BCUT2D eigenvalue weighted by molar-refractivity contribution is 5.33. The van der Waals surface area contributed by atoms with Gasteiger partial charge in [0.15, 0.2) is 17.9 Å². The van der Waals surface area contributed by atoms with E-state index in [-0.39, 0.29) is 18.0 Å². The minimum Gasteiger partial charge on any atom is -0.490 e. The maximum atomic E-state index is 14.6. The third-order valence-electron chi connectivity index (χ3n) is 6.77. The summed E-state index contributed by atoms with van der Waals surface area (Å²) in [5.74, 6) is -0.426. The molecule has 2 fully saturated rings. The third-order valence-corrected chi connectivity index (χ3v) is 6.77. The van der Waals surface area contributed by atoms with Gasteiger partial charge in [0.1, 0.15) is 0 Å². The fraction of sp³-hybridized carbons (Fsp3) is 0.692. The molecule has 0 radical (unpaired) electrons. The molecule has 2 unspecified atom stereocenters. The SMILES string of the molecule is C=CCCC1CCC(COC2CCC(c3ccc(OCCCC)c(F)c3F)CO2)CC1. The first-order valence-corrected chi connectivity index (χ1v) is 12.1. The van der Waals surface area contributed by atoms with Crippen LogP contribution in [0, 0.1) is 23.5 Å². The first-order valence-electron chi connectivity index (χ1n) is 12.1. The van der Waals surface area contributed by atoms with Crippen LogP contribution in [-0.4, -0.2) is 26.1 Å². The summed E-state index contributed by atoms with van der Waals surface area (Å²) >= 11 is 0. The number of hydrogen-bond acceptors (Lipinski definition) is 3. The maximum absolute atomic E-state index is 14.6. The molecule has 5 heteroatoms. The van der Waals surface area contributed by atoms with Crippen LogP contribution >= 0.6 is 0 Å². The molecule has 0 N–H and O–H groups in total. The molecule has 1 heterocycles. The van der Waals surface area contributed by atoms with Gasteiger partial charge in [-0.25, -0.2) is 4.39 Å². The maximum Gasteiger partial charge on any atom is 0.200 e. The molecule has 0 amide bonds. The number of rotatable bonds is 11. The summed E-state index contributed by atoms with van der Waals surface area (Å²) in [5.41, 5.74) is 0.372. The lowest BCUT2D eigenvalue weighted by molar-refractivity contribution is -0.175. The minimum absolute atomic E-state index is 0.00755. The van der Waals surface area contributed by atoms with Gasteiger partial charge in [0, 0.05) is 5.92 Å². The lowest BCUT2D eigenvalue weighted by Gasteiger charge is -2.32. The molecule has 1 aromatic carbocycles. The summed E-state index contributed by atoms with van der Waals surface area (Å²) < 4.78 is 46.2. The van der Waals surface area contributed by atoms with Crippen molar-refractivity contribution in [2.45, 2.75) is 83.3 Å². The van der Waals surface area contributed by atoms with Crippen LogP contribution < -0.4 is 4.74 Å². The molecule has 0 aromatic heterocycles. The largest absolute Gasteiger partial charge is 0.490 e. The van der Waals surface area contributed by atoms with Gasteiger partial charge in [-0.05, 0) is 68.4 Å². The zero-order chi connectivity index (χ0) is 22.1. The molecule has 174 valence electrons. The average Bonchev–Trinajstić information content (AvgIpc) is 2.80. The van der Waals surface area contributed by atoms with Crippen LogP contribution in [0.3, 0.4) is 0 Å². The number of ether oxygens (including phenoxy) is 3. The summed E-state index contributed by atoms with van der Waals surface area (Å²) in [6.45, 7) is 7.32. The van der Waals surface area contributed by atoms with Gasteiger partial charge in [-0.15, -0.1) is 6.58 Å². The second-order valence-corrected chi connectivity index (χ2v) is 9.11. The fourth-order valence-corrected chi connectivity index (χ4v) is 4.69. The Bertz CT molecular complexity index is 677. The molecule has 3 rings (SSSR count). The van der Waals surface area contributed by atoms with Gasteiger partial charge < -0.3 is 14.2 Å². The van der Waals surface area contributed by atoms with Crippen molar-refractivity contribution in [3.05, 3.63) is 42.0 Å². The highest BCUT2D eigenvalue weighted by Gasteiger charge is 2.29. The molecule has 2 atom stereocenters. The molecular formula is C26H38F2O3. The number of halogens is 2. The van der Waals surface area contributed by atoms with E-state index in [1.165, 1.54) is 38.2 Å². The van der Waals surface area contributed by atoms with Gasteiger partial charge in [0.2, 0.25) is 5.82 Å². The molecule has 0 spiro atoms. The summed E-state index contributed by atoms with van der Waals surface area (Å²) in [4.78, 5) is 0. The quantitative estimate of drug-likeness (QED) is 0.272. The second-order valence-electron chi connectivity index (χ2n) is 9.11. The standard InChI is InChI=1S/C26H38F2O3/c1-3-5-7-19-8-10-20(11-9-19)17-30-24-15-12-21(18-31-24)22-13-14-23(26(28)25(22)27)29-16-6-4-2/h3,13-14,19-21,24H,1,4-12,15-18H2,2H3. The Balaban J connectivity index is 1.41. The van der Waals surface area contributed by atoms with Crippen molar-refractivity contribution >= 4 is 0 Å².